The Kier molecular flexibility index (Phi) is 9.75. The first kappa shape index (κ1) is 26.2. The maximum atomic E-state index is 13.3. The lowest BCUT2D eigenvalue weighted by molar-refractivity contribution is -0.141. The third kappa shape index (κ3) is 8.44. The zero-order valence-electron chi connectivity index (χ0n) is 19.8. The van der Waals surface area contributed by atoms with E-state index >= 15 is 0 Å². The monoisotopic (exact) mass is 431 g/mol. The normalized spacial score (nSPS) is 13.2. The minimum Gasteiger partial charge on any atom is -0.444 e. The minimum atomic E-state index is -0.890. The van der Waals surface area contributed by atoms with Crippen LogP contribution in [0.2, 0.25) is 0 Å². The van der Waals surface area contributed by atoms with Crippen molar-refractivity contribution in [2.45, 2.75) is 78.6 Å². The number of alkyl carbamates (subject to hydrolysis) is 1. The van der Waals surface area contributed by atoms with Crippen molar-refractivity contribution in [3.63, 3.8) is 0 Å². The van der Waals surface area contributed by atoms with Crippen LogP contribution in [0, 0.1) is 0 Å². The first-order valence-corrected chi connectivity index (χ1v) is 10.7. The molecule has 1 aromatic carbocycles. The van der Waals surface area contributed by atoms with Crippen LogP contribution in [0.5, 0.6) is 0 Å². The number of rotatable bonds is 9. The molecule has 2 atom stereocenters. The van der Waals surface area contributed by atoms with Crippen LogP contribution in [-0.4, -0.2) is 47.0 Å². The maximum absolute atomic E-state index is 13.3. The average Bonchev–Trinajstić information content (AvgIpc) is 2.65. The van der Waals surface area contributed by atoms with Crippen LogP contribution < -0.4 is 10.6 Å². The van der Waals surface area contributed by atoms with Gasteiger partial charge in [0.2, 0.25) is 11.8 Å². The summed E-state index contributed by atoms with van der Waals surface area (Å²) in [6.45, 7) is 16.5. The molecule has 0 heterocycles. The van der Waals surface area contributed by atoms with Gasteiger partial charge in [0.1, 0.15) is 17.7 Å². The zero-order valence-corrected chi connectivity index (χ0v) is 19.8. The van der Waals surface area contributed by atoms with Crippen molar-refractivity contribution in [3.05, 3.63) is 48.0 Å². The maximum Gasteiger partial charge on any atom is 0.408 e. The average molecular weight is 432 g/mol. The van der Waals surface area contributed by atoms with Crippen molar-refractivity contribution >= 4 is 17.9 Å². The highest BCUT2D eigenvalue weighted by Crippen LogP contribution is 2.23. The number of hydrogen-bond donors (Lipinski definition) is 2. The molecule has 0 bridgehead atoms. The summed E-state index contributed by atoms with van der Waals surface area (Å²) < 4.78 is 5.25. The van der Waals surface area contributed by atoms with Gasteiger partial charge in [-0.2, -0.15) is 0 Å². The highest BCUT2D eigenvalue weighted by molar-refractivity contribution is 5.92. The molecule has 1 aromatic rings. The summed E-state index contributed by atoms with van der Waals surface area (Å²) in [5.41, 5.74) is 1.14. The molecule has 2 unspecified atom stereocenters. The van der Waals surface area contributed by atoms with Gasteiger partial charge in [-0.05, 0) is 59.1 Å². The first-order chi connectivity index (χ1) is 14.4. The van der Waals surface area contributed by atoms with Gasteiger partial charge in [-0.15, -0.1) is 6.58 Å². The van der Waals surface area contributed by atoms with Crippen LogP contribution in [0.4, 0.5) is 4.79 Å². The van der Waals surface area contributed by atoms with Crippen molar-refractivity contribution in [2.24, 2.45) is 0 Å². The van der Waals surface area contributed by atoms with Gasteiger partial charge in [-0.25, -0.2) is 4.79 Å². The van der Waals surface area contributed by atoms with Gasteiger partial charge in [0.25, 0.3) is 0 Å². The van der Waals surface area contributed by atoms with Gasteiger partial charge in [-0.1, -0.05) is 37.3 Å². The number of amides is 3. The van der Waals surface area contributed by atoms with E-state index < -0.39 is 29.7 Å². The third-order valence-corrected chi connectivity index (χ3v) is 4.41. The number of nitrogens with zero attached hydrogens (tertiary/aromatic N) is 1. The van der Waals surface area contributed by atoms with Crippen molar-refractivity contribution in [3.8, 4) is 0 Å². The van der Waals surface area contributed by atoms with Crippen LogP contribution in [0.1, 0.15) is 65.6 Å². The lowest BCUT2D eigenvalue weighted by Gasteiger charge is -2.33. The second kappa shape index (κ2) is 11.5. The summed E-state index contributed by atoms with van der Waals surface area (Å²) in [7, 11) is 0. The van der Waals surface area contributed by atoms with Crippen molar-refractivity contribution in [1.82, 2.24) is 15.5 Å². The quantitative estimate of drug-likeness (QED) is 0.583. The highest BCUT2D eigenvalue weighted by Gasteiger charge is 2.34. The van der Waals surface area contributed by atoms with Gasteiger partial charge >= 0.3 is 6.09 Å². The van der Waals surface area contributed by atoms with Crippen LogP contribution in [0.15, 0.2) is 36.9 Å². The van der Waals surface area contributed by atoms with E-state index in [0.29, 0.717) is 5.56 Å². The number of hydrogen-bond acceptors (Lipinski definition) is 4. The minimum absolute atomic E-state index is 0.0945. The highest BCUT2D eigenvalue weighted by atomic mass is 16.6. The molecule has 0 fully saturated rings. The molecule has 0 aromatic heterocycles. The number of aryl methyl sites for hydroxylation is 1. The molecule has 0 aliphatic rings. The predicted molar refractivity (Wildman–Crippen MR) is 123 cm³/mol. The summed E-state index contributed by atoms with van der Waals surface area (Å²) in [5.74, 6) is -0.701. The first-order valence-electron chi connectivity index (χ1n) is 10.7. The molecular weight excluding hydrogens is 394 g/mol. The molecule has 0 spiro atoms. The summed E-state index contributed by atoms with van der Waals surface area (Å²) in [5, 5.41) is 5.46. The Bertz CT molecular complexity index is 766. The Morgan fingerprint density at radius 3 is 2.13 bits per heavy atom. The third-order valence-electron chi connectivity index (χ3n) is 4.41. The number of carbonyl (C=O) groups excluding carboxylic acids is 3. The Balaban J connectivity index is 3.24. The molecule has 7 heteroatoms. The van der Waals surface area contributed by atoms with Crippen molar-refractivity contribution in [2.75, 3.05) is 6.54 Å². The van der Waals surface area contributed by atoms with Crippen LogP contribution in [-0.2, 0) is 20.7 Å². The molecule has 0 aliphatic carbocycles. The van der Waals surface area contributed by atoms with E-state index in [-0.39, 0.29) is 18.5 Å². The van der Waals surface area contributed by atoms with Crippen molar-refractivity contribution in [1.29, 1.82) is 0 Å². The van der Waals surface area contributed by atoms with Crippen LogP contribution in [0.3, 0.4) is 0 Å². The Labute approximate surface area is 186 Å². The number of ether oxygens (including phenoxy) is 1. The SMILES string of the molecule is C=CCN(C(=O)C(C)NC(=O)OC(C)(C)C)C(C(=O)NC(C)C)c1ccc(CC)cc1. The Morgan fingerprint density at radius 2 is 1.68 bits per heavy atom. The van der Waals surface area contributed by atoms with E-state index in [1.54, 1.807) is 33.8 Å². The van der Waals surface area contributed by atoms with Gasteiger partial charge < -0.3 is 20.3 Å². The second-order valence-corrected chi connectivity index (χ2v) is 8.81. The Hall–Kier alpha value is -2.83. The van der Waals surface area contributed by atoms with Crippen molar-refractivity contribution < 1.29 is 19.1 Å². The summed E-state index contributed by atoms with van der Waals surface area (Å²) in [6, 6.07) is 5.77. The summed E-state index contributed by atoms with van der Waals surface area (Å²) >= 11 is 0. The molecule has 0 saturated carbocycles. The molecule has 0 radical (unpaired) electrons. The zero-order chi connectivity index (χ0) is 23.8. The largest absolute Gasteiger partial charge is 0.444 e. The van der Waals surface area contributed by atoms with Gasteiger partial charge in [0.15, 0.2) is 0 Å². The fraction of sp³-hybridized carbons (Fsp3) is 0.542. The molecule has 2 N–H and O–H groups in total. The fourth-order valence-electron chi connectivity index (χ4n) is 3.03. The van der Waals surface area contributed by atoms with E-state index in [4.69, 9.17) is 4.74 Å². The predicted octanol–water partition coefficient (Wildman–Crippen LogP) is 3.74. The summed E-state index contributed by atoms with van der Waals surface area (Å²) in [6.07, 6.45) is 1.74. The molecule has 0 saturated heterocycles. The number of nitrogens with one attached hydrogen (secondary N) is 2. The second-order valence-electron chi connectivity index (χ2n) is 8.81. The van der Waals surface area contributed by atoms with Crippen LogP contribution >= 0.6 is 0 Å². The van der Waals surface area contributed by atoms with Gasteiger partial charge in [0, 0.05) is 12.6 Å². The number of benzene rings is 1. The standard InChI is InChI=1S/C24H37N3O4/c1-9-15-27(22(29)17(5)26-23(30)31-24(6,7)8)20(21(28)25-16(3)4)19-13-11-18(10-2)12-14-19/h9,11-14,16-17,20H,1,10,15H2,2-8H3,(H,25,28)(H,26,30). The van der Waals surface area contributed by atoms with Gasteiger partial charge in [0.05, 0.1) is 0 Å². The van der Waals surface area contributed by atoms with E-state index in [1.165, 1.54) is 4.90 Å². The lowest BCUT2D eigenvalue weighted by atomic mass is 10.0. The fourth-order valence-corrected chi connectivity index (χ4v) is 3.03. The smallest absolute Gasteiger partial charge is 0.408 e. The Morgan fingerprint density at radius 1 is 1.10 bits per heavy atom. The molecular formula is C24H37N3O4. The van der Waals surface area contributed by atoms with E-state index in [0.717, 1.165) is 12.0 Å². The molecule has 7 nitrogen and oxygen atoms in total. The van der Waals surface area contributed by atoms with E-state index in [1.807, 2.05) is 38.1 Å². The van der Waals surface area contributed by atoms with Gasteiger partial charge in [-0.3, -0.25) is 9.59 Å². The molecule has 1 rings (SSSR count). The summed E-state index contributed by atoms with van der Waals surface area (Å²) in [4.78, 5) is 40.0. The topological polar surface area (TPSA) is 87.7 Å². The molecule has 0 aliphatic heterocycles. The molecule has 31 heavy (non-hydrogen) atoms. The molecule has 3 amide bonds. The number of carbonyl (C=O) groups is 3. The lowest BCUT2D eigenvalue weighted by Crippen LogP contribution is -2.52. The van der Waals surface area contributed by atoms with E-state index in [2.05, 4.69) is 24.1 Å². The molecule has 172 valence electrons. The van der Waals surface area contributed by atoms with Crippen LogP contribution in [0.25, 0.3) is 0 Å². The van der Waals surface area contributed by atoms with E-state index in [9.17, 15) is 14.4 Å².